The van der Waals surface area contributed by atoms with Crippen molar-refractivity contribution in [2.75, 3.05) is 6.61 Å². The lowest BCUT2D eigenvalue weighted by Crippen LogP contribution is -2.10. The van der Waals surface area contributed by atoms with Gasteiger partial charge in [0.25, 0.3) is 0 Å². The SMILES string of the molecule is CCCOc1ccc(C(N)=O)cc1Cl. The number of hydrogen-bond donors (Lipinski definition) is 1. The van der Waals surface area contributed by atoms with Gasteiger partial charge in [-0.25, -0.2) is 0 Å². The molecule has 0 fully saturated rings. The number of carbonyl (C=O) groups is 1. The Kier molecular flexibility index (Phi) is 3.77. The molecule has 0 saturated carbocycles. The van der Waals surface area contributed by atoms with Crippen molar-refractivity contribution in [3.05, 3.63) is 28.8 Å². The molecule has 3 nitrogen and oxygen atoms in total. The van der Waals surface area contributed by atoms with E-state index in [9.17, 15) is 4.79 Å². The second-order valence-electron chi connectivity index (χ2n) is 2.86. The maximum absolute atomic E-state index is 10.8. The van der Waals surface area contributed by atoms with Crippen LogP contribution in [0, 0.1) is 0 Å². The van der Waals surface area contributed by atoms with Crippen LogP contribution in [0.25, 0.3) is 0 Å². The van der Waals surface area contributed by atoms with Crippen LogP contribution in [0.2, 0.25) is 5.02 Å². The normalized spacial score (nSPS) is 9.86. The lowest BCUT2D eigenvalue weighted by molar-refractivity contribution is 0.100. The lowest BCUT2D eigenvalue weighted by Gasteiger charge is -2.06. The van der Waals surface area contributed by atoms with Crippen LogP contribution in [-0.4, -0.2) is 12.5 Å². The summed E-state index contributed by atoms with van der Waals surface area (Å²) in [6.45, 7) is 2.61. The van der Waals surface area contributed by atoms with E-state index in [1.165, 1.54) is 6.07 Å². The predicted molar refractivity (Wildman–Crippen MR) is 55.8 cm³/mol. The van der Waals surface area contributed by atoms with Gasteiger partial charge in [0.1, 0.15) is 5.75 Å². The molecule has 0 heterocycles. The molecule has 0 spiro atoms. The van der Waals surface area contributed by atoms with Crippen LogP contribution in [0.5, 0.6) is 5.75 Å². The smallest absolute Gasteiger partial charge is 0.248 e. The fraction of sp³-hybridized carbons (Fsp3) is 0.300. The van der Waals surface area contributed by atoms with Gasteiger partial charge in [0.2, 0.25) is 5.91 Å². The molecule has 1 aromatic rings. The van der Waals surface area contributed by atoms with Gasteiger partial charge in [0.15, 0.2) is 0 Å². The summed E-state index contributed by atoms with van der Waals surface area (Å²) in [6.07, 6.45) is 0.911. The molecule has 0 aliphatic rings. The number of nitrogens with two attached hydrogens (primary N) is 1. The van der Waals surface area contributed by atoms with E-state index in [0.29, 0.717) is 22.9 Å². The maximum atomic E-state index is 10.8. The van der Waals surface area contributed by atoms with Crippen molar-refractivity contribution in [1.82, 2.24) is 0 Å². The van der Waals surface area contributed by atoms with Crippen LogP contribution in [0.15, 0.2) is 18.2 Å². The van der Waals surface area contributed by atoms with Crippen LogP contribution >= 0.6 is 11.6 Å². The first-order valence-corrected chi connectivity index (χ1v) is 4.75. The molecule has 1 rings (SSSR count). The molecular weight excluding hydrogens is 202 g/mol. The van der Waals surface area contributed by atoms with Crippen molar-refractivity contribution in [3.63, 3.8) is 0 Å². The predicted octanol–water partition coefficient (Wildman–Crippen LogP) is 2.23. The van der Waals surface area contributed by atoms with Gasteiger partial charge >= 0.3 is 0 Å². The molecule has 0 aliphatic heterocycles. The highest BCUT2D eigenvalue weighted by Crippen LogP contribution is 2.25. The zero-order valence-corrected chi connectivity index (χ0v) is 8.67. The van der Waals surface area contributed by atoms with E-state index < -0.39 is 5.91 Å². The minimum Gasteiger partial charge on any atom is -0.492 e. The summed E-state index contributed by atoms with van der Waals surface area (Å²) in [5, 5.41) is 0.412. The van der Waals surface area contributed by atoms with E-state index in [1.807, 2.05) is 6.92 Å². The van der Waals surface area contributed by atoms with Gasteiger partial charge in [-0.15, -0.1) is 0 Å². The van der Waals surface area contributed by atoms with Gasteiger partial charge in [-0.3, -0.25) is 4.79 Å². The summed E-state index contributed by atoms with van der Waals surface area (Å²) >= 11 is 5.88. The number of primary amides is 1. The number of hydrogen-bond acceptors (Lipinski definition) is 2. The molecule has 0 aromatic heterocycles. The first-order chi connectivity index (χ1) is 6.65. The number of amides is 1. The average Bonchev–Trinajstić information content (AvgIpc) is 2.15. The summed E-state index contributed by atoms with van der Waals surface area (Å²) in [5.41, 5.74) is 5.48. The molecule has 0 atom stereocenters. The van der Waals surface area contributed by atoms with Gasteiger partial charge in [0.05, 0.1) is 11.6 Å². The Morgan fingerprint density at radius 3 is 2.79 bits per heavy atom. The number of carbonyl (C=O) groups excluding carboxylic acids is 1. The average molecular weight is 214 g/mol. The standard InChI is InChI=1S/C10H12ClNO2/c1-2-5-14-9-4-3-7(10(12)13)6-8(9)11/h3-4,6H,2,5H2,1H3,(H2,12,13). The van der Waals surface area contributed by atoms with E-state index in [1.54, 1.807) is 12.1 Å². The molecule has 0 saturated heterocycles. The molecule has 2 N–H and O–H groups in total. The first kappa shape index (κ1) is 10.9. The highest BCUT2D eigenvalue weighted by atomic mass is 35.5. The Balaban J connectivity index is 2.84. The van der Waals surface area contributed by atoms with E-state index in [-0.39, 0.29) is 0 Å². The maximum Gasteiger partial charge on any atom is 0.248 e. The molecule has 76 valence electrons. The Hall–Kier alpha value is -1.22. The van der Waals surface area contributed by atoms with Crippen molar-refractivity contribution in [2.45, 2.75) is 13.3 Å². The van der Waals surface area contributed by atoms with Crippen LogP contribution in [0.4, 0.5) is 0 Å². The number of rotatable bonds is 4. The fourth-order valence-electron chi connectivity index (χ4n) is 0.983. The Morgan fingerprint density at radius 2 is 2.29 bits per heavy atom. The van der Waals surface area contributed by atoms with E-state index >= 15 is 0 Å². The molecule has 1 aromatic carbocycles. The Morgan fingerprint density at radius 1 is 1.57 bits per heavy atom. The summed E-state index contributed by atoms with van der Waals surface area (Å²) in [5.74, 6) is 0.0902. The van der Waals surface area contributed by atoms with Crippen molar-refractivity contribution in [3.8, 4) is 5.75 Å². The highest BCUT2D eigenvalue weighted by Gasteiger charge is 2.05. The zero-order valence-electron chi connectivity index (χ0n) is 7.92. The molecule has 0 radical (unpaired) electrons. The van der Waals surface area contributed by atoms with Gasteiger partial charge < -0.3 is 10.5 Å². The van der Waals surface area contributed by atoms with Crippen molar-refractivity contribution >= 4 is 17.5 Å². The second kappa shape index (κ2) is 4.86. The van der Waals surface area contributed by atoms with Crippen molar-refractivity contribution < 1.29 is 9.53 Å². The third kappa shape index (κ3) is 2.64. The second-order valence-corrected chi connectivity index (χ2v) is 3.27. The summed E-state index contributed by atoms with van der Waals surface area (Å²) in [4.78, 5) is 10.8. The molecule has 0 unspecified atom stereocenters. The van der Waals surface area contributed by atoms with Crippen molar-refractivity contribution in [1.29, 1.82) is 0 Å². The van der Waals surface area contributed by atoms with Crippen LogP contribution in [0.1, 0.15) is 23.7 Å². The van der Waals surface area contributed by atoms with Crippen molar-refractivity contribution in [2.24, 2.45) is 5.73 Å². The molecule has 0 bridgehead atoms. The fourth-order valence-corrected chi connectivity index (χ4v) is 1.22. The molecular formula is C10H12ClNO2. The third-order valence-corrected chi connectivity index (χ3v) is 1.97. The van der Waals surface area contributed by atoms with E-state index in [4.69, 9.17) is 22.1 Å². The summed E-state index contributed by atoms with van der Waals surface area (Å²) in [6, 6.07) is 4.76. The Bertz CT molecular complexity index is 339. The monoisotopic (exact) mass is 213 g/mol. The van der Waals surface area contributed by atoms with Gasteiger partial charge in [-0.05, 0) is 24.6 Å². The van der Waals surface area contributed by atoms with Crippen LogP contribution in [0.3, 0.4) is 0 Å². The first-order valence-electron chi connectivity index (χ1n) is 4.37. The van der Waals surface area contributed by atoms with E-state index in [0.717, 1.165) is 6.42 Å². The molecule has 0 aliphatic carbocycles. The third-order valence-electron chi connectivity index (χ3n) is 1.68. The lowest BCUT2D eigenvalue weighted by atomic mass is 10.2. The molecule has 1 amide bonds. The highest BCUT2D eigenvalue weighted by molar-refractivity contribution is 6.32. The van der Waals surface area contributed by atoms with Gasteiger partial charge in [-0.1, -0.05) is 18.5 Å². The number of ether oxygens (including phenoxy) is 1. The molecule has 4 heteroatoms. The topological polar surface area (TPSA) is 52.3 Å². The zero-order chi connectivity index (χ0) is 10.6. The number of halogens is 1. The van der Waals surface area contributed by atoms with Crippen LogP contribution < -0.4 is 10.5 Å². The van der Waals surface area contributed by atoms with E-state index in [2.05, 4.69) is 0 Å². The molecule has 14 heavy (non-hydrogen) atoms. The number of benzene rings is 1. The van der Waals surface area contributed by atoms with Crippen LogP contribution in [-0.2, 0) is 0 Å². The quantitative estimate of drug-likeness (QED) is 0.834. The van der Waals surface area contributed by atoms with Gasteiger partial charge in [0, 0.05) is 5.56 Å². The largest absolute Gasteiger partial charge is 0.492 e. The summed E-state index contributed by atoms with van der Waals surface area (Å²) < 4.78 is 5.34. The minimum absolute atomic E-state index is 0.388. The van der Waals surface area contributed by atoms with Gasteiger partial charge in [-0.2, -0.15) is 0 Å². The minimum atomic E-state index is -0.492. The Labute approximate surface area is 87.8 Å². The summed E-state index contributed by atoms with van der Waals surface area (Å²) in [7, 11) is 0.